The Morgan fingerprint density at radius 2 is 0.533 bits per heavy atom. The van der Waals surface area contributed by atoms with Crippen molar-refractivity contribution in [2.75, 3.05) is 19.6 Å². The summed E-state index contributed by atoms with van der Waals surface area (Å²) in [7, 11) is 0. The quantitative estimate of drug-likeness (QED) is 0.0835. The molecule has 0 radical (unpaired) electrons. The third kappa shape index (κ3) is 14.4. The summed E-state index contributed by atoms with van der Waals surface area (Å²) in [6.07, 6.45) is 0. The largest absolute Gasteiger partial charge is 0.456 e. The molecule has 0 saturated heterocycles. The molecule has 29 aromatic rings. The van der Waals surface area contributed by atoms with Gasteiger partial charge in [0, 0.05) is 134 Å². The molecule has 0 bridgehead atoms. The minimum Gasteiger partial charge on any atom is -0.456 e. The number of furan rings is 5. The topological polar surface area (TPSA) is 78.7 Å². The van der Waals surface area contributed by atoms with Gasteiger partial charge >= 0.3 is 0 Å². The van der Waals surface area contributed by atoms with Gasteiger partial charge in [-0.15, -0.1) is 0 Å². The smallest absolute Gasteiger partial charge is 0.143 e. The van der Waals surface area contributed by atoms with Crippen LogP contribution in [0.15, 0.2) is 568 Å². The fourth-order valence-electron chi connectivity index (χ4n) is 23.7. The van der Waals surface area contributed by atoms with Crippen LogP contribution < -0.4 is 19.6 Å². The van der Waals surface area contributed by atoms with E-state index in [-0.39, 0.29) is 0 Å². The van der Waals surface area contributed by atoms with Crippen LogP contribution in [0.4, 0.5) is 68.2 Å². The van der Waals surface area contributed by atoms with Gasteiger partial charge in [0.2, 0.25) is 0 Å². The summed E-state index contributed by atoms with van der Waals surface area (Å²) in [5, 5.41) is 15.5. The van der Waals surface area contributed by atoms with E-state index < -0.39 is 5.41 Å². The molecular formula is C141H90N4O5. The molecular weight excluding hydrogens is 1830 g/mol. The lowest BCUT2D eigenvalue weighted by Crippen LogP contribution is -2.28. The third-order valence-corrected chi connectivity index (χ3v) is 30.3. The van der Waals surface area contributed by atoms with Crippen LogP contribution in [0.3, 0.4) is 0 Å². The maximum absolute atomic E-state index is 7.10. The van der Waals surface area contributed by atoms with Crippen LogP contribution in [0.25, 0.3) is 187 Å². The first kappa shape index (κ1) is 86.7. The number of para-hydroxylation sites is 5. The molecule has 0 amide bonds. The predicted molar refractivity (Wildman–Crippen MR) is 622 cm³/mol. The highest BCUT2D eigenvalue weighted by molar-refractivity contribution is 6.24. The van der Waals surface area contributed by atoms with Gasteiger partial charge < -0.3 is 41.7 Å². The minimum atomic E-state index is -0.531. The van der Waals surface area contributed by atoms with Crippen molar-refractivity contribution in [2.24, 2.45) is 0 Å². The van der Waals surface area contributed by atoms with Gasteiger partial charge in [0.15, 0.2) is 0 Å². The number of rotatable bonds is 18. The lowest BCUT2D eigenvalue weighted by atomic mass is 9.67. The second-order valence-corrected chi connectivity index (χ2v) is 38.7. The second-order valence-electron chi connectivity index (χ2n) is 38.7. The Kier molecular flexibility index (Phi) is 20.7. The number of benzene rings is 24. The van der Waals surface area contributed by atoms with E-state index >= 15 is 0 Å². The highest BCUT2D eigenvalue weighted by Crippen LogP contribution is 2.59. The zero-order chi connectivity index (χ0) is 98.9. The van der Waals surface area contributed by atoms with E-state index in [4.69, 9.17) is 22.1 Å². The Hall–Kier alpha value is -20.0. The molecule has 0 N–H and O–H groups in total. The van der Waals surface area contributed by atoms with Gasteiger partial charge in [-0.05, 0) is 277 Å². The van der Waals surface area contributed by atoms with Crippen molar-refractivity contribution in [3.63, 3.8) is 0 Å². The van der Waals surface area contributed by atoms with E-state index in [2.05, 4.69) is 553 Å². The molecule has 30 rings (SSSR count). The Balaban J connectivity index is 0.000000142. The van der Waals surface area contributed by atoms with Crippen molar-refractivity contribution in [3.8, 4) is 55.6 Å². The first-order chi connectivity index (χ1) is 74.4. The molecule has 704 valence electrons. The molecule has 5 aromatic heterocycles. The monoisotopic (exact) mass is 1920 g/mol. The van der Waals surface area contributed by atoms with Crippen molar-refractivity contribution in [3.05, 3.63) is 568 Å². The van der Waals surface area contributed by atoms with Gasteiger partial charge in [0.05, 0.1) is 16.5 Å². The average molecular weight is 1920 g/mol. The summed E-state index contributed by atoms with van der Waals surface area (Å²) in [5.41, 5.74) is 36.7. The normalized spacial score (nSPS) is 12.2. The maximum Gasteiger partial charge on any atom is 0.143 e. The molecule has 0 fully saturated rings. The zero-order valence-corrected chi connectivity index (χ0v) is 81.3. The van der Waals surface area contributed by atoms with Crippen LogP contribution >= 0.6 is 0 Å². The molecule has 0 spiro atoms. The molecule has 150 heavy (non-hydrogen) atoms. The van der Waals surface area contributed by atoms with Crippen LogP contribution in [0.2, 0.25) is 0 Å². The van der Waals surface area contributed by atoms with Crippen LogP contribution in [-0.4, -0.2) is 0 Å². The van der Waals surface area contributed by atoms with Gasteiger partial charge in [0.25, 0.3) is 0 Å². The molecule has 5 heterocycles. The fourth-order valence-corrected chi connectivity index (χ4v) is 23.7. The summed E-state index contributed by atoms with van der Waals surface area (Å²) >= 11 is 0. The van der Waals surface area contributed by atoms with E-state index in [1.807, 2.05) is 12.1 Å². The molecule has 9 heteroatoms. The van der Waals surface area contributed by atoms with Crippen LogP contribution in [0.5, 0.6) is 0 Å². The van der Waals surface area contributed by atoms with Gasteiger partial charge in [-0.2, -0.15) is 0 Å². The second kappa shape index (κ2) is 35.8. The molecule has 24 aromatic carbocycles. The SMILES string of the molecule is c1ccc(-c2cc(N(c3ccc(-c4cccc5oc6ccc7ccccc7c6c45)cc3)c3cccc(-c4ccc5oc6c7ccccc7ccc6c5c4)c3)cc3c2oc2cc(N(c4ccccc4)c4ccccc4)ccc23)cc1.c1ccc(N(c2cccc(C3(c4ccccc4)c4ccccc4-c4ccccc43)c2)c2ccc3c(c2)oc2cccc(N(c4ccccc4)c4cccc(-c5cccc6oc7ccccc7c56)c4)c23)cc1. The maximum atomic E-state index is 7.10. The van der Waals surface area contributed by atoms with Crippen molar-refractivity contribution in [2.45, 2.75) is 5.41 Å². The van der Waals surface area contributed by atoms with Crippen molar-refractivity contribution >= 4 is 199 Å². The Bertz CT molecular complexity index is 10200. The van der Waals surface area contributed by atoms with Crippen molar-refractivity contribution < 1.29 is 22.1 Å². The summed E-state index contributed by atoms with van der Waals surface area (Å²) in [6, 6.07) is 195. The Morgan fingerprint density at radius 3 is 1.22 bits per heavy atom. The van der Waals surface area contributed by atoms with E-state index in [0.717, 1.165) is 233 Å². The van der Waals surface area contributed by atoms with Crippen LogP contribution in [-0.2, 0) is 5.41 Å². The highest BCUT2D eigenvalue weighted by Gasteiger charge is 2.46. The average Bonchev–Trinajstić information content (AvgIpc) is 1.53. The van der Waals surface area contributed by atoms with Crippen molar-refractivity contribution in [1.82, 2.24) is 0 Å². The summed E-state index contributed by atoms with van der Waals surface area (Å²) in [4.78, 5) is 9.37. The molecule has 0 saturated carbocycles. The van der Waals surface area contributed by atoms with Gasteiger partial charge in [-0.1, -0.05) is 346 Å². The molecule has 0 atom stereocenters. The highest BCUT2D eigenvalue weighted by atomic mass is 16.3. The molecule has 1 aliphatic carbocycles. The lowest BCUT2D eigenvalue weighted by Gasteiger charge is -2.35. The van der Waals surface area contributed by atoms with Crippen LogP contribution in [0.1, 0.15) is 22.3 Å². The Morgan fingerprint density at radius 1 is 0.147 bits per heavy atom. The fraction of sp³-hybridized carbons (Fsp3) is 0.00709. The standard InChI is InChI=1S/C74H46N2O3.C67H44N2O2/c1-4-16-47(17-5-1)64-44-58(45-66-62-39-37-57(46-70(62)79-74(64)66)75(53-21-6-2-7-22-53)54-23-8-3-9-24-54)76(55-35-30-50(31-36-55)60-28-15-29-68-71(60)72-59-26-12-10-18-48(59)33-41-69(72)77-68)56-25-14-20-51(42-56)52-34-40-67-65(43-52)63-38-32-49-19-11-13-27-61(49)73(63)78-67;1-4-21-46(22-5-1)67(58-34-13-10-30-54(58)55-31-11-14-35-59(55)67)47-23-17-29-51(43-47)68(48-24-6-2-7-25-48)52-40-41-57-64(44-52)71-63-39-19-36-60(66(57)63)69(49-26-8-3-9-27-49)50-28-16-20-45(42-50)53-33-18-38-62-65(53)56-32-12-15-37-61(56)70-62/h1-46H;1-44H. The number of nitrogens with zero attached hydrogens (tertiary/aromatic N) is 4. The first-order valence-corrected chi connectivity index (χ1v) is 51.0. The number of anilines is 12. The van der Waals surface area contributed by atoms with E-state index in [1.165, 1.54) is 44.2 Å². The third-order valence-electron chi connectivity index (χ3n) is 30.3. The van der Waals surface area contributed by atoms with Crippen molar-refractivity contribution in [1.29, 1.82) is 0 Å². The molecule has 0 aliphatic heterocycles. The summed E-state index contributed by atoms with van der Waals surface area (Å²) < 4.78 is 33.5. The Labute approximate surface area is 864 Å². The zero-order valence-electron chi connectivity index (χ0n) is 81.3. The summed E-state index contributed by atoms with van der Waals surface area (Å²) in [5.74, 6) is 0. The first-order valence-electron chi connectivity index (χ1n) is 51.0. The summed E-state index contributed by atoms with van der Waals surface area (Å²) in [6.45, 7) is 0. The number of hydrogen-bond acceptors (Lipinski definition) is 9. The molecule has 1 aliphatic rings. The number of fused-ring (bicyclic) bond motifs is 22. The van der Waals surface area contributed by atoms with E-state index in [0.29, 0.717) is 0 Å². The van der Waals surface area contributed by atoms with Gasteiger partial charge in [0.1, 0.15) is 55.8 Å². The van der Waals surface area contributed by atoms with Gasteiger partial charge in [-0.3, -0.25) is 0 Å². The minimum absolute atomic E-state index is 0.531. The van der Waals surface area contributed by atoms with Gasteiger partial charge in [-0.25, -0.2) is 0 Å². The predicted octanol–water partition coefficient (Wildman–Crippen LogP) is 40.1. The molecule has 9 nitrogen and oxygen atoms in total. The number of hydrogen-bond donors (Lipinski definition) is 0. The van der Waals surface area contributed by atoms with E-state index in [9.17, 15) is 0 Å². The van der Waals surface area contributed by atoms with E-state index in [1.54, 1.807) is 0 Å². The van der Waals surface area contributed by atoms with Crippen LogP contribution in [0, 0.1) is 0 Å². The lowest BCUT2D eigenvalue weighted by molar-refractivity contribution is 0.668. The molecule has 0 unspecified atom stereocenters.